The molecule has 2 N–H and O–H groups in total. The molecule has 0 fully saturated rings. The Bertz CT molecular complexity index is 729. The first-order valence-corrected chi connectivity index (χ1v) is 8.72. The summed E-state index contributed by atoms with van der Waals surface area (Å²) in [6, 6.07) is 4.14. The molecule has 24 heavy (non-hydrogen) atoms. The van der Waals surface area contributed by atoms with E-state index in [0.717, 1.165) is 46.2 Å². The fourth-order valence-electron chi connectivity index (χ4n) is 4.66. The summed E-state index contributed by atoms with van der Waals surface area (Å²) in [6.07, 6.45) is 1.36. The van der Waals surface area contributed by atoms with E-state index in [9.17, 15) is 10.2 Å². The first-order chi connectivity index (χ1) is 11.2. The van der Waals surface area contributed by atoms with Gasteiger partial charge in [-0.05, 0) is 49.3 Å². The minimum atomic E-state index is -1.39. The summed E-state index contributed by atoms with van der Waals surface area (Å²) < 4.78 is 5.76. The van der Waals surface area contributed by atoms with Gasteiger partial charge in [-0.1, -0.05) is 38.1 Å². The van der Waals surface area contributed by atoms with Gasteiger partial charge in [0.1, 0.15) is 11.9 Å². The van der Waals surface area contributed by atoms with Crippen LogP contribution in [-0.2, 0) is 16.8 Å². The average Bonchev–Trinajstić information content (AvgIpc) is 2.52. The normalized spacial score (nSPS) is 29.0. The maximum Gasteiger partial charge on any atom is 0.153 e. The van der Waals surface area contributed by atoms with Gasteiger partial charge in [-0.2, -0.15) is 0 Å². The molecule has 3 unspecified atom stereocenters. The number of rotatable bonds is 3. The van der Waals surface area contributed by atoms with Crippen LogP contribution in [0.5, 0.6) is 0 Å². The SMILES string of the molecule is C=C(C)C1CCc2c(C)ccc3c2C1(O)C(O)=C(C(C)C)C3OC. The van der Waals surface area contributed by atoms with Gasteiger partial charge in [-0.3, -0.25) is 0 Å². The van der Waals surface area contributed by atoms with Crippen LogP contribution in [0.1, 0.15) is 55.5 Å². The predicted octanol–water partition coefficient (Wildman–Crippen LogP) is 4.49. The molecule has 0 heterocycles. The molecule has 0 saturated heterocycles. The summed E-state index contributed by atoms with van der Waals surface area (Å²) in [5.41, 5.74) is 4.40. The number of aliphatic hydroxyl groups excluding tert-OH is 1. The number of hydrogen-bond acceptors (Lipinski definition) is 3. The Labute approximate surface area is 144 Å². The minimum absolute atomic E-state index is 0.0661. The molecule has 0 bridgehead atoms. The topological polar surface area (TPSA) is 49.7 Å². The highest BCUT2D eigenvalue weighted by molar-refractivity contribution is 5.57. The first kappa shape index (κ1) is 17.2. The van der Waals surface area contributed by atoms with E-state index in [1.165, 1.54) is 0 Å². The third-order valence-electron chi connectivity index (χ3n) is 5.80. The average molecular weight is 328 g/mol. The highest BCUT2D eigenvalue weighted by atomic mass is 16.5. The Morgan fingerprint density at radius 3 is 2.58 bits per heavy atom. The Kier molecular flexibility index (Phi) is 4.13. The molecule has 3 rings (SSSR count). The minimum Gasteiger partial charge on any atom is -0.509 e. The highest BCUT2D eigenvalue weighted by Crippen LogP contribution is 2.56. The van der Waals surface area contributed by atoms with Gasteiger partial charge >= 0.3 is 0 Å². The van der Waals surface area contributed by atoms with Crippen LogP contribution in [0.15, 0.2) is 35.6 Å². The van der Waals surface area contributed by atoms with E-state index in [1.54, 1.807) is 7.11 Å². The van der Waals surface area contributed by atoms with Crippen LogP contribution in [0, 0.1) is 18.8 Å². The van der Waals surface area contributed by atoms with Crippen molar-refractivity contribution in [1.29, 1.82) is 0 Å². The molecule has 3 atom stereocenters. The zero-order valence-corrected chi connectivity index (χ0v) is 15.3. The third-order valence-corrected chi connectivity index (χ3v) is 5.80. The zero-order valence-electron chi connectivity index (χ0n) is 15.3. The summed E-state index contributed by atoms with van der Waals surface area (Å²) >= 11 is 0. The van der Waals surface area contributed by atoms with Crippen LogP contribution in [0.25, 0.3) is 0 Å². The summed E-state index contributed by atoms with van der Waals surface area (Å²) in [5.74, 6) is -0.0434. The second kappa shape index (κ2) is 5.75. The smallest absolute Gasteiger partial charge is 0.153 e. The van der Waals surface area contributed by atoms with Crippen LogP contribution < -0.4 is 0 Å². The van der Waals surface area contributed by atoms with Crippen molar-refractivity contribution in [3.05, 3.63) is 57.9 Å². The quantitative estimate of drug-likeness (QED) is 0.804. The standard InChI is InChI=1S/C21H28O3/c1-11(2)16-10-9-14-13(5)7-8-15-18(14)21(16,23)20(22)17(12(3)4)19(15)24-6/h7-8,12,16,19,22-23H,1,9-10H2,2-6H3. The van der Waals surface area contributed by atoms with Crippen molar-refractivity contribution in [3.63, 3.8) is 0 Å². The lowest BCUT2D eigenvalue weighted by molar-refractivity contribution is -0.0365. The van der Waals surface area contributed by atoms with Gasteiger partial charge in [0.05, 0.1) is 0 Å². The number of benzene rings is 1. The van der Waals surface area contributed by atoms with Gasteiger partial charge in [-0.15, -0.1) is 0 Å². The molecule has 2 aliphatic carbocycles. The van der Waals surface area contributed by atoms with Crippen molar-refractivity contribution < 1.29 is 14.9 Å². The van der Waals surface area contributed by atoms with E-state index in [2.05, 4.69) is 19.6 Å². The van der Waals surface area contributed by atoms with Crippen molar-refractivity contribution in [2.45, 2.75) is 52.2 Å². The molecule has 0 amide bonds. The monoisotopic (exact) mass is 328 g/mol. The van der Waals surface area contributed by atoms with Crippen LogP contribution in [-0.4, -0.2) is 17.3 Å². The Balaban J connectivity index is 2.41. The van der Waals surface area contributed by atoms with E-state index >= 15 is 0 Å². The number of hydrogen-bond donors (Lipinski definition) is 2. The third kappa shape index (κ3) is 2.11. The lowest BCUT2D eigenvalue weighted by Crippen LogP contribution is -2.47. The van der Waals surface area contributed by atoms with Gasteiger partial charge in [0.2, 0.25) is 0 Å². The fourth-order valence-corrected chi connectivity index (χ4v) is 4.66. The molecule has 1 aromatic carbocycles. The molecule has 0 saturated carbocycles. The molecule has 2 aliphatic rings. The lowest BCUT2D eigenvalue weighted by Gasteiger charge is -2.48. The molecular weight excluding hydrogens is 300 g/mol. The van der Waals surface area contributed by atoms with E-state index in [1.807, 2.05) is 26.8 Å². The number of methoxy groups -OCH3 is 1. The second-order valence-corrected chi connectivity index (χ2v) is 7.60. The Morgan fingerprint density at radius 2 is 2.04 bits per heavy atom. The zero-order chi connectivity index (χ0) is 17.8. The first-order valence-electron chi connectivity index (χ1n) is 8.72. The molecule has 0 aromatic heterocycles. The molecule has 0 spiro atoms. The molecule has 3 heteroatoms. The van der Waals surface area contributed by atoms with Gasteiger partial charge in [-0.25, -0.2) is 0 Å². The number of aryl methyl sites for hydroxylation is 1. The van der Waals surface area contributed by atoms with Crippen LogP contribution in [0.4, 0.5) is 0 Å². The van der Waals surface area contributed by atoms with Crippen molar-refractivity contribution in [2.75, 3.05) is 7.11 Å². The summed E-state index contributed by atoms with van der Waals surface area (Å²) in [5, 5.41) is 23.0. The van der Waals surface area contributed by atoms with E-state index in [4.69, 9.17) is 4.74 Å². The summed E-state index contributed by atoms with van der Waals surface area (Å²) in [7, 11) is 1.66. The van der Waals surface area contributed by atoms with Gasteiger partial charge in [0.15, 0.2) is 5.60 Å². The van der Waals surface area contributed by atoms with Crippen molar-refractivity contribution >= 4 is 0 Å². The molecular formula is C21H28O3. The van der Waals surface area contributed by atoms with E-state index in [0.29, 0.717) is 0 Å². The number of ether oxygens (including phenoxy) is 1. The van der Waals surface area contributed by atoms with Gasteiger partial charge in [0.25, 0.3) is 0 Å². The van der Waals surface area contributed by atoms with E-state index in [-0.39, 0.29) is 23.7 Å². The molecule has 0 radical (unpaired) electrons. The summed E-state index contributed by atoms with van der Waals surface area (Å²) in [4.78, 5) is 0. The molecule has 3 nitrogen and oxygen atoms in total. The maximum absolute atomic E-state index is 11.8. The fraction of sp³-hybridized carbons (Fsp3) is 0.524. The van der Waals surface area contributed by atoms with Crippen LogP contribution in [0.2, 0.25) is 0 Å². The van der Waals surface area contributed by atoms with Crippen LogP contribution >= 0.6 is 0 Å². The Hall–Kier alpha value is -1.58. The van der Waals surface area contributed by atoms with E-state index < -0.39 is 5.60 Å². The van der Waals surface area contributed by atoms with Crippen LogP contribution in [0.3, 0.4) is 0 Å². The maximum atomic E-state index is 11.8. The molecule has 130 valence electrons. The van der Waals surface area contributed by atoms with Crippen molar-refractivity contribution in [2.24, 2.45) is 11.8 Å². The highest BCUT2D eigenvalue weighted by Gasteiger charge is 2.53. The number of aliphatic hydroxyl groups is 2. The van der Waals surface area contributed by atoms with Gasteiger partial charge < -0.3 is 14.9 Å². The van der Waals surface area contributed by atoms with Crippen molar-refractivity contribution in [1.82, 2.24) is 0 Å². The lowest BCUT2D eigenvalue weighted by atomic mass is 9.61. The van der Waals surface area contributed by atoms with Gasteiger partial charge in [0, 0.05) is 24.2 Å². The molecule has 1 aromatic rings. The van der Waals surface area contributed by atoms with Crippen molar-refractivity contribution in [3.8, 4) is 0 Å². The Morgan fingerprint density at radius 1 is 1.38 bits per heavy atom. The second-order valence-electron chi connectivity index (χ2n) is 7.60. The largest absolute Gasteiger partial charge is 0.509 e. The molecule has 0 aliphatic heterocycles. The predicted molar refractivity (Wildman–Crippen MR) is 95.9 cm³/mol. The summed E-state index contributed by atoms with van der Waals surface area (Å²) in [6.45, 7) is 12.2.